The van der Waals surface area contributed by atoms with Gasteiger partial charge in [-0.25, -0.2) is 9.59 Å². The molecule has 0 bridgehead atoms. The molecule has 0 spiro atoms. The summed E-state index contributed by atoms with van der Waals surface area (Å²) in [5, 5.41) is 0. The predicted molar refractivity (Wildman–Crippen MR) is 197 cm³/mol. The highest BCUT2D eigenvalue weighted by Gasteiger charge is 2.38. The average Bonchev–Trinajstić information content (AvgIpc) is 3.41. The number of ether oxygens (including phenoxy) is 3. The van der Waals surface area contributed by atoms with Crippen molar-refractivity contribution < 1.29 is 28.6 Å². The lowest BCUT2D eigenvalue weighted by molar-refractivity contribution is -0.151. The van der Waals surface area contributed by atoms with Crippen molar-refractivity contribution in [1.82, 2.24) is 28.7 Å². The second kappa shape index (κ2) is 16.2. The van der Waals surface area contributed by atoms with Crippen molar-refractivity contribution >= 4 is 28.9 Å². The Hall–Kier alpha value is -4.20. The lowest BCUT2D eigenvalue weighted by Crippen LogP contribution is -2.49. The second-order valence-corrected chi connectivity index (χ2v) is 15.3. The number of rotatable bonds is 11. The summed E-state index contributed by atoms with van der Waals surface area (Å²) in [6.07, 6.45) is 2.19. The maximum Gasteiger partial charge on any atom is 0.410 e. The zero-order chi connectivity index (χ0) is 37.0. The molecule has 3 amide bonds. The summed E-state index contributed by atoms with van der Waals surface area (Å²) >= 11 is 0. The van der Waals surface area contributed by atoms with E-state index in [0.29, 0.717) is 36.9 Å². The number of methoxy groups -OCH3 is 2. The van der Waals surface area contributed by atoms with Crippen LogP contribution in [0, 0.1) is 5.92 Å². The third kappa shape index (κ3) is 8.53. The van der Waals surface area contributed by atoms with Gasteiger partial charge in [-0.15, -0.1) is 0 Å². The van der Waals surface area contributed by atoms with Gasteiger partial charge in [0.05, 0.1) is 37.8 Å². The summed E-state index contributed by atoms with van der Waals surface area (Å²) < 4.78 is 19.6. The van der Waals surface area contributed by atoms with Crippen LogP contribution in [0.25, 0.3) is 11.0 Å². The van der Waals surface area contributed by atoms with E-state index in [1.165, 1.54) is 4.90 Å². The molecule has 282 valence electrons. The fourth-order valence-corrected chi connectivity index (χ4v) is 7.73. The van der Waals surface area contributed by atoms with Gasteiger partial charge in [-0.1, -0.05) is 24.3 Å². The Balaban J connectivity index is 1.13. The van der Waals surface area contributed by atoms with Crippen LogP contribution in [-0.4, -0.2) is 119 Å². The van der Waals surface area contributed by atoms with Gasteiger partial charge in [0.1, 0.15) is 17.4 Å². The third-order valence-corrected chi connectivity index (χ3v) is 10.5. The summed E-state index contributed by atoms with van der Waals surface area (Å²) in [5.74, 6) is 0.648. The molecular weight excluding hydrogens is 664 g/mol. The van der Waals surface area contributed by atoms with Crippen molar-refractivity contribution in [1.29, 1.82) is 0 Å². The molecule has 1 atom stereocenters. The fraction of sp³-hybridized carbons (Fsp3) is 0.590. The highest BCUT2D eigenvalue weighted by molar-refractivity contribution is 6.00. The first-order valence-corrected chi connectivity index (χ1v) is 18.6. The second-order valence-electron chi connectivity index (χ2n) is 15.3. The Morgan fingerprint density at radius 2 is 1.54 bits per heavy atom. The van der Waals surface area contributed by atoms with Gasteiger partial charge >= 0.3 is 11.8 Å². The summed E-state index contributed by atoms with van der Waals surface area (Å²) in [6.45, 7) is 13.4. The molecule has 1 unspecified atom stereocenters. The van der Waals surface area contributed by atoms with E-state index in [2.05, 4.69) is 15.9 Å². The van der Waals surface area contributed by atoms with Gasteiger partial charge in [-0.05, 0) is 75.3 Å². The van der Waals surface area contributed by atoms with E-state index in [1.54, 1.807) is 35.5 Å². The molecule has 0 N–H and O–H groups in total. The number of nitrogens with zero attached hydrogens (tertiary/aromatic N) is 6. The number of piperidine rings is 2. The standard InChI is InChI=1S/C39H54N6O7/c1-39(2,3)52-38(49)42-17-15-29(16-18-42)25-40-19-21-41(22-20-40)27-30-7-6-8-32-35(30)43(23-24-50-4)37(48)45(32)33-13-14-34(46)44(36(33)47)26-28-9-11-31(51-5)12-10-28/h6-12,29,33H,13-27H2,1-5H3. The Bertz CT molecular complexity index is 1780. The van der Waals surface area contributed by atoms with E-state index in [0.717, 1.165) is 75.3 Å². The molecule has 3 fully saturated rings. The number of amides is 3. The minimum atomic E-state index is -0.787. The average molecular weight is 719 g/mol. The van der Waals surface area contributed by atoms with Crippen LogP contribution in [0.3, 0.4) is 0 Å². The number of likely N-dealkylation sites (tertiary alicyclic amines) is 2. The van der Waals surface area contributed by atoms with Gasteiger partial charge in [0, 0.05) is 65.9 Å². The number of fused-ring (bicyclic) bond motifs is 1. The maximum atomic E-state index is 14.2. The van der Waals surface area contributed by atoms with Crippen LogP contribution in [0.15, 0.2) is 47.3 Å². The Morgan fingerprint density at radius 3 is 2.19 bits per heavy atom. The Kier molecular flexibility index (Phi) is 11.7. The van der Waals surface area contributed by atoms with E-state index in [1.807, 2.05) is 49.9 Å². The summed E-state index contributed by atoms with van der Waals surface area (Å²) in [5.41, 5.74) is 2.61. The Morgan fingerprint density at radius 1 is 0.846 bits per heavy atom. The fourth-order valence-electron chi connectivity index (χ4n) is 7.73. The molecule has 2 aromatic carbocycles. The number of hydrogen-bond donors (Lipinski definition) is 0. The molecule has 6 rings (SSSR count). The molecule has 0 radical (unpaired) electrons. The maximum absolute atomic E-state index is 14.2. The van der Waals surface area contributed by atoms with Crippen LogP contribution < -0.4 is 10.4 Å². The number of aromatic nitrogens is 2. The summed E-state index contributed by atoms with van der Waals surface area (Å²) in [7, 11) is 3.20. The molecule has 13 nitrogen and oxygen atoms in total. The van der Waals surface area contributed by atoms with Crippen molar-refractivity contribution in [2.45, 2.75) is 77.7 Å². The molecule has 3 aliphatic heterocycles. The quantitative estimate of drug-likeness (QED) is 0.270. The van der Waals surface area contributed by atoms with Crippen LogP contribution in [0.2, 0.25) is 0 Å². The van der Waals surface area contributed by atoms with Crippen LogP contribution in [0.1, 0.15) is 63.6 Å². The van der Waals surface area contributed by atoms with Crippen molar-refractivity contribution in [2.75, 3.05) is 66.6 Å². The van der Waals surface area contributed by atoms with Gasteiger partial charge in [0.15, 0.2) is 0 Å². The van der Waals surface area contributed by atoms with Gasteiger partial charge in [0.25, 0.3) is 5.91 Å². The monoisotopic (exact) mass is 718 g/mol. The van der Waals surface area contributed by atoms with Crippen LogP contribution in [0.5, 0.6) is 5.75 Å². The molecule has 4 heterocycles. The third-order valence-electron chi connectivity index (χ3n) is 10.5. The normalized spacial score (nSPS) is 19.8. The zero-order valence-electron chi connectivity index (χ0n) is 31.3. The topological polar surface area (TPSA) is 119 Å². The number of benzene rings is 2. The highest BCUT2D eigenvalue weighted by Crippen LogP contribution is 2.30. The zero-order valence-corrected chi connectivity index (χ0v) is 31.3. The number of carbonyl (C=O) groups is 3. The van der Waals surface area contributed by atoms with Crippen molar-refractivity contribution in [3.63, 3.8) is 0 Å². The molecule has 13 heteroatoms. The van der Waals surface area contributed by atoms with E-state index in [-0.39, 0.29) is 43.0 Å². The van der Waals surface area contributed by atoms with E-state index in [4.69, 9.17) is 14.2 Å². The first kappa shape index (κ1) is 37.6. The van der Waals surface area contributed by atoms with Crippen molar-refractivity contribution in [3.05, 3.63) is 64.1 Å². The lowest BCUT2D eigenvalue weighted by Gasteiger charge is -2.39. The first-order chi connectivity index (χ1) is 25.0. The minimum absolute atomic E-state index is 0.137. The van der Waals surface area contributed by atoms with Gasteiger partial charge < -0.3 is 24.0 Å². The smallest absolute Gasteiger partial charge is 0.410 e. The number of carbonyl (C=O) groups excluding carboxylic acids is 3. The molecule has 3 aromatic rings. The Labute approximate surface area is 306 Å². The van der Waals surface area contributed by atoms with E-state index < -0.39 is 11.6 Å². The minimum Gasteiger partial charge on any atom is -0.497 e. The van der Waals surface area contributed by atoms with Gasteiger partial charge in [0.2, 0.25) is 5.91 Å². The summed E-state index contributed by atoms with van der Waals surface area (Å²) in [6, 6.07) is 12.5. The number of imide groups is 1. The number of para-hydroxylation sites is 1. The van der Waals surface area contributed by atoms with Crippen LogP contribution in [0.4, 0.5) is 4.79 Å². The SMILES string of the molecule is COCCn1c(=O)n(C2CCC(=O)N(Cc3ccc(OC)cc3)C2=O)c2cccc(CN3CCN(CC4CCN(C(=O)OC(C)(C)C)CC4)CC3)c21. The molecule has 0 aliphatic carbocycles. The number of hydrogen-bond acceptors (Lipinski definition) is 9. The molecule has 0 saturated carbocycles. The molecular formula is C39H54N6O7. The number of piperazine rings is 1. The van der Waals surface area contributed by atoms with Crippen molar-refractivity contribution in [3.8, 4) is 5.75 Å². The largest absolute Gasteiger partial charge is 0.497 e. The van der Waals surface area contributed by atoms with Crippen molar-refractivity contribution in [2.24, 2.45) is 5.92 Å². The number of imidazole rings is 1. The lowest BCUT2D eigenvalue weighted by atomic mass is 9.96. The van der Waals surface area contributed by atoms with Gasteiger partial charge in [-0.3, -0.25) is 28.5 Å². The molecule has 1 aromatic heterocycles. The van der Waals surface area contributed by atoms with Gasteiger partial charge in [-0.2, -0.15) is 0 Å². The molecule has 52 heavy (non-hydrogen) atoms. The van der Waals surface area contributed by atoms with Crippen LogP contribution >= 0.6 is 0 Å². The predicted octanol–water partition coefficient (Wildman–Crippen LogP) is 4.11. The van der Waals surface area contributed by atoms with Crippen LogP contribution in [-0.2, 0) is 38.7 Å². The summed E-state index contributed by atoms with van der Waals surface area (Å²) in [4.78, 5) is 61.8. The first-order valence-electron chi connectivity index (χ1n) is 18.6. The van der Waals surface area contributed by atoms with E-state index in [9.17, 15) is 19.2 Å². The highest BCUT2D eigenvalue weighted by atomic mass is 16.6. The molecule has 3 aliphatic rings. The van der Waals surface area contributed by atoms with E-state index >= 15 is 0 Å². The molecule has 3 saturated heterocycles.